The van der Waals surface area contributed by atoms with Crippen molar-refractivity contribution in [3.63, 3.8) is 0 Å². The van der Waals surface area contributed by atoms with Gasteiger partial charge in [0.15, 0.2) is 17.0 Å². The van der Waals surface area contributed by atoms with Crippen molar-refractivity contribution in [2.24, 2.45) is 5.92 Å². The zero-order chi connectivity index (χ0) is 47.9. The number of methoxy groups -OCH3 is 1. The van der Waals surface area contributed by atoms with Gasteiger partial charge in [-0.25, -0.2) is 14.8 Å². The van der Waals surface area contributed by atoms with Crippen LogP contribution in [0.15, 0.2) is 65.6 Å². The Morgan fingerprint density at radius 2 is 1.56 bits per heavy atom. The predicted molar refractivity (Wildman–Crippen MR) is 230 cm³/mol. The standard InChI is InChI=1S/C45H52F3N7O11/c1-28(2)38(58)53-43-52-37-36(40(60)54-43)50-31(25-49-37)26-55(42(62)45(46,47)48)32-17-15-30(16-18-32)39(59)51-34(41(61)63-3)20-19-33(56)13-9-23-65-44(21-7-8-22-44)66-24-10-14-35(57)64-27-29-11-5-4-6-12-29/h4-6,11-12,15-18,25,28,34H,7-10,13-14,19-24,26-27H2,1-3H3,(H,51,59)(H2,49,52,53,54,58,60)/t34-/m0/s1. The topological polar surface area (TPSA) is 238 Å². The summed E-state index contributed by atoms with van der Waals surface area (Å²) in [6, 6.07) is 12.6. The Hall–Kier alpha value is -6.61. The van der Waals surface area contributed by atoms with Gasteiger partial charge in [0.1, 0.15) is 18.4 Å². The van der Waals surface area contributed by atoms with E-state index in [2.05, 4.69) is 30.6 Å². The Kier molecular flexibility index (Phi) is 18.0. The van der Waals surface area contributed by atoms with Crippen LogP contribution in [0.3, 0.4) is 0 Å². The van der Waals surface area contributed by atoms with Crippen LogP contribution in [0.2, 0.25) is 0 Å². The Bertz CT molecular complexity index is 2390. The largest absolute Gasteiger partial charge is 0.471 e. The third-order valence-electron chi connectivity index (χ3n) is 10.4. The highest BCUT2D eigenvalue weighted by Gasteiger charge is 2.43. The minimum atomic E-state index is -5.34. The van der Waals surface area contributed by atoms with Crippen LogP contribution in [-0.4, -0.2) is 93.7 Å². The second-order valence-corrected chi connectivity index (χ2v) is 15.8. The van der Waals surface area contributed by atoms with E-state index in [9.17, 15) is 46.7 Å². The average Bonchev–Trinajstić information content (AvgIpc) is 3.77. The van der Waals surface area contributed by atoms with Crippen LogP contribution >= 0.6 is 0 Å². The molecular weight excluding hydrogens is 872 g/mol. The summed E-state index contributed by atoms with van der Waals surface area (Å²) in [5.74, 6) is -6.33. The number of carbonyl (C=O) groups is 6. The van der Waals surface area contributed by atoms with Gasteiger partial charge in [0.2, 0.25) is 11.9 Å². The molecule has 2 aromatic carbocycles. The number of hydrogen-bond donors (Lipinski definition) is 3. The Morgan fingerprint density at radius 3 is 2.20 bits per heavy atom. The molecule has 0 bridgehead atoms. The van der Waals surface area contributed by atoms with Crippen molar-refractivity contribution in [2.75, 3.05) is 30.5 Å². The van der Waals surface area contributed by atoms with Gasteiger partial charge in [0.05, 0.1) is 38.8 Å². The molecule has 3 N–H and O–H groups in total. The molecule has 4 aromatic rings. The molecule has 0 radical (unpaired) electrons. The second kappa shape index (κ2) is 23.5. The van der Waals surface area contributed by atoms with Crippen LogP contribution in [0.5, 0.6) is 0 Å². The molecule has 0 aliphatic heterocycles. The number of H-pyrrole nitrogens is 1. The molecule has 354 valence electrons. The minimum absolute atomic E-state index is 0.0923. The number of nitrogens with zero attached hydrogens (tertiary/aromatic N) is 4. The molecule has 21 heteroatoms. The van der Waals surface area contributed by atoms with Crippen LogP contribution in [0, 0.1) is 5.92 Å². The Morgan fingerprint density at radius 1 is 0.894 bits per heavy atom. The van der Waals surface area contributed by atoms with Crippen LogP contribution in [-0.2, 0) is 56.1 Å². The number of nitrogens with one attached hydrogen (secondary N) is 3. The molecule has 0 unspecified atom stereocenters. The molecule has 0 saturated heterocycles. The highest BCUT2D eigenvalue weighted by molar-refractivity contribution is 5.99. The number of aromatic nitrogens is 4. The maximum Gasteiger partial charge on any atom is 0.471 e. The molecule has 1 saturated carbocycles. The summed E-state index contributed by atoms with van der Waals surface area (Å²) in [6.07, 6.45) is -0.189. The van der Waals surface area contributed by atoms with E-state index in [1.165, 1.54) is 0 Å². The fraction of sp³-hybridized carbons (Fsp3) is 0.467. The van der Waals surface area contributed by atoms with E-state index in [0.717, 1.165) is 56.0 Å². The molecule has 3 amide bonds. The molecule has 0 spiro atoms. The van der Waals surface area contributed by atoms with Gasteiger partial charge in [-0.05, 0) is 61.9 Å². The van der Waals surface area contributed by atoms with Gasteiger partial charge >= 0.3 is 24.0 Å². The number of benzene rings is 2. The van der Waals surface area contributed by atoms with E-state index in [0.29, 0.717) is 37.2 Å². The summed E-state index contributed by atoms with van der Waals surface area (Å²) in [5, 5.41) is 4.91. The zero-order valence-corrected chi connectivity index (χ0v) is 36.7. The Labute approximate surface area is 377 Å². The van der Waals surface area contributed by atoms with Crippen molar-refractivity contribution in [2.45, 2.75) is 109 Å². The zero-order valence-electron chi connectivity index (χ0n) is 36.7. The number of hydrogen-bond acceptors (Lipinski definition) is 14. The third-order valence-corrected chi connectivity index (χ3v) is 10.4. The summed E-state index contributed by atoms with van der Waals surface area (Å²) in [7, 11) is 1.11. The van der Waals surface area contributed by atoms with Crippen molar-refractivity contribution in [3.8, 4) is 0 Å². The smallest absolute Gasteiger partial charge is 0.467 e. The molecule has 18 nitrogen and oxygen atoms in total. The number of anilines is 2. The molecule has 2 heterocycles. The first-order chi connectivity index (χ1) is 31.5. The molecule has 1 aliphatic rings. The van der Waals surface area contributed by atoms with E-state index in [-0.39, 0.29) is 84.7 Å². The van der Waals surface area contributed by atoms with Gasteiger partial charge in [0, 0.05) is 49.3 Å². The number of carbonyl (C=O) groups excluding carboxylic acids is 6. The van der Waals surface area contributed by atoms with Crippen LogP contribution < -0.4 is 21.1 Å². The number of ether oxygens (including phenoxy) is 4. The van der Waals surface area contributed by atoms with Gasteiger partial charge in [-0.15, -0.1) is 0 Å². The average molecular weight is 924 g/mol. The molecule has 66 heavy (non-hydrogen) atoms. The lowest BCUT2D eigenvalue weighted by Crippen LogP contribution is -2.42. The van der Waals surface area contributed by atoms with E-state index >= 15 is 0 Å². The minimum Gasteiger partial charge on any atom is -0.467 e. The molecule has 1 fully saturated rings. The fourth-order valence-corrected chi connectivity index (χ4v) is 6.86. The second-order valence-electron chi connectivity index (χ2n) is 15.8. The lowest BCUT2D eigenvalue weighted by Gasteiger charge is -2.29. The van der Waals surface area contributed by atoms with Crippen LogP contribution in [0.25, 0.3) is 11.2 Å². The number of halogens is 3. The van der Waals surface area contributed by atoms with Crippen molar-refractivity contribution in [1.82, 2.24) is 25.3 Å². The molecular formula is C45H52F3N7O11. The predicted octanol–water partition coefficient (Wildman–Crippen LogP) is 5.63. The molecule has 1 atom stereocenters. The van der Waals surface area contributed by atoms with Gasteiger partial charge in [-0.1, -0.05) is 44.2 Å². The van der Waals surface area contributed by atoms with E-state index < -0.39 is 59.7 Å². The van der Waals surface area contributed by atoms with Crippen LogP contribution in [0.4, 0.5) is 24.8 Å². The van der Waals surface area contributed by atoms with Crippen molar-refractivity contribution in [3.05, 3.63) is 88.0 Å². The number of aromatic amines is 1. The highest BCUT2D eigenvalue weighted by atomic mass is 19.4. The summed E-state index contributed by atoms with van der Waals surface area (Å²) < 4.78 is 63.8. The molecule has 1 aliphatic carbocycles. The van der Waals surface area contributed by atoms with E-state index in [4.69, 9.17) is 18.9 Å². The SMILES string of the molecule is COC(=O)[C@H](CCC(=O)CCCOC1(OCCCC(=O)OCc2ccccc2)CCCC1)NC(=O)c1ccc(N(Cc2cnc3nc(NC(=O)C(C)C)[nH]c(=O)c3n2)C(=O)C(F)(F)F)cc1. The van der Waals surface area contributed by atoms with Crippen molar-refractivity contribution < 1.29 is 60.9 Å². The number of ketones is 1. The summed E-state index contributed by atoms with van der Waals surface area (Å²) in [5.41, 5.74) is -1.13. The number of amides is 3. The quantitative estimate of drug-likeness (QED) is 0.0465. The third kappa shape index (κ3) is 14.7. The van der Waals surface area contributed by atoms with Gasteiger partial charge in [-0.3, -0.25) is 44.0 Å². The number of Topliss-reactive ketones (excluding diaryl/α,β-unsaturated/α-hetero) is 1. The number of fused-ring (bicyclic) bond motifs is 1. The molecule has 5 rings (SSSR count). The van der Waals surface area contributed by atoms with Crippen molar-refractivity contribution >= 4 is 58.2 Å². The van der Waals surface area contributed by atoms with Crippen molar-refractivity contribution in [1.29, 1.82) is 0 Å². The van der Waals surface area contributed by atoms with Gasteiger partial charge in [-0.2, -0.15) is 18.2 Å². The number of alkyl halides is 3. The van der Waals surface area contributed by atoms with Gasteiger partial charge < -0.3 is 24.3 Å². The summed E-state index contributed by atoms with van der Waals surface area (Å²) in [6.45, 7) is 3.18. The first-order valence-electron chi connectivity index (χ1n) is 21.4. The summed E-state index contributed by atoms with van der Waals surface area (Å²) >= 11 is 0. The first-order valence-corrected chi connectivity index (χ1v) is 21.4. The van der Waals surface area contributed by atoms with E-state index in [1.54, 1.807) is 13.8 Å². The Balaban J connectivity index is 1.11. The van der Waals surface area contributed by atoms with E-state index in [1.807, 2.05) is 30.3 Å². The van der Waals surface area contributed by atoms with Crippen LogP contribution in [0.1, 0.15) is 99.7 Å². The maximum absolute atomic E-state index is 13.8. The number of rotatable bonds is 23. The first kappa shape index (κ1) is 50.4. The lowest BCUT2D eigenvalue weighted by atomic mass is 10.1. The molecule has 2 aromatic heterocycles. The monoisotopic (exact) mass is 923 g/mol. The summed E-state index contributed by atoms with van der Waals surface area (Å²) in [4.78, 5) is 103. The highest BCUT2D eigenvalue weighted by Crippen LogP contribution is 2.35. The fourth-order valence-electron chi connectivity index (χ4n) is 6.86. The lowest BCUT2D eigenvalue weighted by molar-refractivity contribution is -0.233. The van der Waals surface area contributed by atoms with Gasteiger partial charge in [0.25, 0.3) is 11.5 Å². The number of esters is 2. The normalized spacial score (nSPS) is 13.8. The maximum atomic E-state index is 13.8.